The molecule has 0 saturated heterocycles. The number of allylic oxidation sites excluding steroid dienone is 1. The molecule has 0 spiro atoms. The summed E-state index contributed by atoms with van der Waals surface area (Å²) in [5.41, 5.74) is 1.70. The van der Waals surface area contributed by atoms with Crippen LogP contribution in [0.1, 0.15) is 5.56 Å². The van der Waals surface area contributed by atoms with Crippen molar-refractivity contribution in [2.75, 3.05) is 14.1 Å². The van der Waals surface area contributed by atoms with E-state index in [4.69, 9.17) is 0 Å². The summed E-state index contributed by atoms with van der Waals surface area (Å²) >= 11 is 0. The number of fused-ring (bicyclic) bond motifs is 1. The molecule has 2 aromatic rings. The van der Waals surface area contributed by atoms with Gasteiger partial charge in [-0.2, -0.15) is 8.42 Å². The fourth-order valence-corrected chi connectivity index (χ4v) is 3.44. The van der Waals surface area contributed by atoms with Gasteiger partial charge in [0.1, 0.15) is 5.84 Å². The summed E-state index contributed by atoms with van der Waals surface area (Å²) in [4.78, 5) is 1.68. The van der Waals surface area contributed by atoms with Crippen LogP contribution in [0.25, 0.3) is 10.8 Å². The summed E-state index contributed by atoms with van der Waals surface area (Å²) in [6.45, 7) is 0. The highest BCUT2D eigenvalue weighted by atomic mass is 32.2. The smallest absolute Gasteiger partial charge is 0.343 e. The molecule has 0 fully saturated rings. The molecule has 22 heavy (non-hydrogen) atoms. The Hall–Kier alpha value is -2.34. The number of hydrogen-bond donors (Lipinski definition) is 1. The van der Waals surface area contributed by atoms with Crippen molar-refractivity contribution in [1.82, 2.24) is 9.62 Å². The SMILES string of the molecule is CN(C)C1=NS(=O)(=O)NC(Cc2cccc3ccccc23)=C1. The first-order valence-electron chi connectivity index (χ1n) is 6.92. The molecule has 0 amide bonds. The summed E-state index contributed by atoms with van der Waals surface area (Å²) in [5.74, 6) is 0.425. The fraction of sp³-hybridized carbons (Fsp3) is 0.188. The second kappa shape index (κ2) is 5.46. The number of rotatable bonds is 2. The van der Waals surface area contributed by atoms with Crippen molar-refractivity contribution >= 4 is 26.8 Å². The Morgan fingerprint density at radius 2 is 1.82 bits per heavy atom. The van der Waals surface area contributed by atoms with Crippen LogP contribution in [0.15, 0.2) is 58.6 Å². The Bertz CT molecular complexity index is 878. The minimum Gasteiger partial charge on any atom is -0.362 e. The van der Waals surface area contributed by atoms with E-state index in [9.17, 15) is 8.42 Å². The van der Waals surface area contributed by atoms with E-state index >= 15 is 0 Å². The van der Waals surface area contributed by atoms with E-state index in [-0.39, 0.29) is 0 Å². The largest absolute Gasteiger partial charge is 0.362 e. The van der Waals surface area contributed by atoms with Crippen LogP contribution in [-0.2, 0) is 16.6 Å². The highest BCUT2D eigenvalue weighted by Crippen LogP contribution is 2.21. The molecule has 6 heteroatoms. The van der Waals surface area contributed by atoms with Crippen LogP contribution in [0.3, 0.4) is 0 Å². The molecule has 0 aromatic heterocycles. The maximum absolute atomic E-state index is 11.9. The predicted molar refractivity (Wildman–Crippen MR) is 88.9 cm³/mol. The average molecular weight is 315 g/mol. The Kier molecular flexibility index (Phi) is 3.62. The normalized spacial score (nSPS) is 16.6. The van der Waals surface area contributed by atoms with Gasteiger partial charge in [-0.1, -0.05) is 42.5 Å². The molecular formula is C16H17N3O2S. The van der Waals surface area contributed by atoms with E-state index in [2.05, 4.69) is 9.12 Å². The number of benzene rings is 2. The third-order valence-electron chi connectivity index (χ3n) is 3.50. The van der Waals surface area contributed by atoms with Crippen molar-refractivity contribution in [1.29, 1.82) is 0 Å². The molecule has 0 aliphatic carbocycles. The van der Waals surface area contributed by atoms with E-state index < -0.39 is 10.2 Å². The van der Waals surface area contributed by atoms with Crippen molar-refractivity contribution in [3.63, 3.8) is 0 Å². The van der Waals surface area contributed by atoms with Gasteiger partial charge in [0.25, 0.3) is 0 Å². The first-order chi connectivity index (χ1) is 10.4. The molecule has 3 rings (SSSR count). The van der Waals surface area contributed by atoms with Gasteiger partial charge in [-0.25, -0.2) is 0 Å². The van der Waals surface area contributed by atoms with Crippen LogP contribution in [-0.4, -0.2) is 33.2 Å². The van der Waals surface area contributed by atoms with Gasteiger partial charge in [0.15, 0.2) is 0 Å². The van der Waals surface area contributed by atoms with Crippen molar-refractivity contribution in [2.24, 2.45) is 4.40 Å². The lowest BCUT2D eigenvalue weighted by molar-refractivity contribution is 0.581. The second-order valence-corrected chi connectivity index (χ2v) is 6.74. The van der Waals surface area contributed by atoms with Gasteiger partial charge in [-0.3, -0.25) is 4.72 Å². The quantitative estimate of drug-likeness (QED) is 0.923. The van der Waals surface area contributed by atoms with E-state index in [1.165, 1.54) is 0 Å². The summed E-state index contributed by atoms with van der Waals surface area (Å²) in [6, 6.07) is 14.1. The van der Waals surface area contributed by atoms with Gasteiger partial charge in [0, 0.05) is 32.3 Å². The zero-order chi connectivity index (χ0) is 15.7. The van der Waals surface area contributed by atoms with E-state index in [1.54, 1.807) is 25.1 Å². The van der Waals surface area contributed by atoms with Gasteiger partial charge < -0.3 is 4.90 Å². The predicted octanol–water partition coefficient (Wildman–Crippen LogP) is 2.07. The molecule has 0 saturated carbocycles. The lowest BCUT2D eigenvalue weighted by Crippen LogP contribution is -2.33. The van der Waals surface area contributed by atoms with E-state index in [0.717, 1.165) is 16.3 Å². The van der Waals surface area contributed by atoms with Gasteiger partial charge in [0.05, 0.1) is 0 Å². The first kappa shape index (κ1) is 14.6. The Balaban J connectivity index is 2.00. The van der Waals surface area contributed by atoms with Crippen LogP contribution in [0, 0.1) is 0 Å². The molecule has 0 unspecified atom stereocenters. The number of hydrogen-bond acceptors (Lipinski definition) is 3. The molecule has 2 aromatic carbocycles. The van der Waals surface area contributed by atoms with Gasteiger partial charge in [-0.15, -0.1) is 4.40 Å². The summed E-state index contributed by atoms with van der Waals surface area (Å²) in [7, 11) is -0.132. The highest BCUT2D eigenvalue weighted by Gasteiger charge is 2.19. The van der Waals surface area contributed by atoms with Gasteiger partial charge in [0.2, 0.25) is 0 Å². The molecule has 1 aliphatic rings. The van der Waals surface area contributed by atoms with Crippen LogP contribution in [0.2, 0.25) is 0 Å². The molecule has 0 radical (unpaired) electrons. The van der Waals surface area contributed by atoms with Crippen LogP contribution < -0.4 is 4.72 Å². The third kappa shape index (κ3) is 2.96. The molecule has 0 atom stereocenters. The minimum atomic E-state index is -3.67. The second-order valence-electron chi connectivity index (χ2n) is 5.41. The lowest BCUT2D eigenvalue weighted by atomic mass is 10.0. The maximum atomic E-state index is 11.9. The Labute approximate surface area is 130 Å². The zero-order valence-corrected chi connectivity index (χ0v) is 13.3. The van der Waals surface area contributed by atoms with Crippen molar-refractivity contribution < 1.29 is 8.42 Å². The number of nitrogens with zero attached hydrogens (tertiary/aromatic N) is 2. The molecule has 1 N–H and O–H groups in total. The zero-order valence-electron chi connectivity index (χ0n) is 12.4. The average Bonchev–Trinajstić information content (AvgIpc) is 2.46. The summed E-state index contributed by atoms with van der Waals surface area (Å²) in [5, 5.41) is 2.26. The Morgan fingerprint density at radius 1 is 1.09 bits per heavy atom. The van der Waals surface area contributed by atoms with Crippen LogP contribution in [0.4, 0.5) is 0 Å². The molecular weight excluding hydrogens is 298 g/mol. The number of nitrogens with one attached hydrogen (secondary N) is 1. The van der Waals surface area contributed by atoms with Crippen LogP contribution >= 0.6 is 0 Å². The minimum absolute atomic E-state index is 0.425. The molecule has 114 valence electrons. The topological polar surface area (TPSA) is 61.8 Å². The van der Waals surface area contributed by atoms with E-state index in [0.29, 0.717) is 18.0 Å². The van der Waals surface area contributed by atoms with Crippen molar-refractivity contribution in [3.05, 3.63) is 59.8 Å². The molecule has 5 nitrogen and oxygen atoms in total. The number of likely N-dealkylation sites (N-methyl/N-ethyl adjacent to an activating group) is 1. The third-order valence-corrected chi connectivity index (χ3v) is 4.44. The monoisotopic (exact) mass is 315 g/mol. The fourth-order valence-electron chi connectivity index (χ4n) is 2.47. The summed E-state index contributed by atoms with van der Waals surface area (Å²) < 4.78 is 29.9. The maximum Gasteiger partial charge on any atom is 0.343 e. The summed E-state index contributed by atoms with van der Waals surface area (Å²) in [6.07, 6.45) is 2.27. The first-order valence-corrected chi connectivity index (χ1v) is 8.36. The Morgan fingerprint density at radius 3 is 2.59 bits per heavy atom. The van der Waals surface area contributed by atoms with Crippen molar-refractivity contribution in [3.8, 4) is 0 Å². The molecule has 1 aliphatic heterocycles. The van der Waals surface area contributed by atoms with Crippen molar-refractivity contribution in [2.45, 2.75) is 6.42 Å². The van der Waals surface area contributed by atoms with Gasteiger partial charge in [-0.05, 0) is 16.3 Å². The number of amidine groups is 1. The molecule has 1 heterocycles. The van der Waals surface area contributed by atoms with Crippen LogP contribution in [0.5, 0.6) is 0 Å². The highest BCUT2D eigenvalue weighted by molar-refractivity contribution is 7.88. The van der Waals surface area contributed by atoms with E-state index in [1.807, 2.05) is 42.5 Å². The standard InChI is InChI=1S/C16H17N3O2S/c1-19(2)16-11-14(17-22(20,21)18-16)10-13-8-5-7-12-6-3-4-9-15(12)13/h3-9,11,17H,10H2,1-2H3. The molecule has 0 bridgehead atoms. The lowest BCUT2D eigenvalue weighted by Gasteiger charge is -2.20. The van der Waals surface area contributed by atoms with Gasteiger partial charge >= 0.3 is 10.2 Å².